The van der Waals surface area contributed by atoms with Crippen molar-refractivity contribution in [3.05, 3.63) is 65.0 Å². The van der Waals surface area contributed by atoms with Crippen molar-refractivity contribution in [1.29, 1.82) is 0 Å². The predicted octanol–water partition coefficient (Wildman–Crippen LogP) is 3.97. The summed E-state index contributed by atoms with van der Waals surface area (Å²) in [4.78, 5) is 0. The van der Waals surface area contributed by atoms with Gasteiger partial charge in [-0.15, -0.1) is 0 Å². The molecule has 1 unspecified atom stereocenters. The quantitative estimate of drug-likeness (QED) is 0.894. The Labute approximate surface area is 119 Å². The van der Waals surface area contributed by atoms with E-state index < -0.39 is 6.04 Å². The highest BCUT2D eigenvalue weighted by Crippen LogP contribution is 2.25. The van der Waals surface area contributed by atoms with Gasteiger partial charge in [0.2, 0.25) is 0 Å². The molecule has 1 atom stereocenters. The smallest absolute Gasteiger partial charge is 0.131 e. The van der Waals surface area contributed by atoms with Crippen molar-refractivity contribution in [2.75, 3.05) is 6.61 Å². The molecule has 0 fully saturated rings. The van der Waals surface area contributed by atoms with Crippen LogP contribution < -0.4 is 10.5 Å². The van der Waals surface area contributed by atoms with Crippen LogP contribution in [-0.2, 0) is 0 Å². The van der Waals surface area contributed by atoms with Crippen molar-refractivity contribution in [2.24, 2.45) is 5.73 Å². The highest BCUT2D eigenvalue weighted by Gasteiger charge is 2.14. The number of rotatable bonds is 5. The monoisotopic (exact) mass is 273 g/mol. The van der Waals surface area contributed by atoms with Crippen molar-refractivity contribution in [2.45, 2.75) is 26.3 Å². The van der Waals surface area contributed by atoms with Gasteiger partial charge in [0.25, 0.3) is 0 Å². The highest BCUT2D eigenvalue weighted by atomic mass is 19.1. The van der Waals surface area contributed by atoms with Crippen molar-refractivity contribution in [3.63, 3.8) is 0 Å². The lowest BCUT2D eigenvalue weighted by molar-refractivity contribution is 0.317. The minimum atomic E-state index is -0.463. The minimum Gasteiger partial charge on any atom is -0.494 e. The summed E-state index contributed by atoms with van der Waals surface area (Å²) in [5, 5.41) is 0. The maximum absolute atomic E-state index is 14.1. The number of nitrogens with two attached hydrogens (primary N) is 1. The zero-order chi connectivity index (χ0) is 14.5. The lowest BCUT2D eigenvalue weighted by Crippen LogP contribution is -2.14. The van der Waals surface area contributed by atoms with Crippen LogP contribution in [0.25, 0.3) is 0 Å². The van der Waals surface area contributed by atoms with Gasteiger partial charge in [0.15, 0.2) is 0 Å². The summed E-state index contributed by atoms with van der Waals surface area (Å²) in [7, 11) is 0. The predicted molar refractivity (Wildman–Crippen MR) is 79.4 cm³/mol. The number of hydrogen-bond acceptors (Lipinski definition) is 2. The Morgan fingerprint density at radius 1 is 1.15 bits per heavy atom. The Kier molecular flexibility index (Phi) is 4.74. The third-order valence-electron chi connectivity index (χ3n) is 3.27. The topological polar surface area (TPSA) is 35.2 Å². The van der Waals surface area contributed by atoms with E-state index in [2.05, 4.69) is 6.92 Å². The molecule has 2 nitrogen and oxygen atoms in total. The summed E-state index contributed by atoms with van der Waals surface area (Å²) in [5.74, 6) is 0.582. The maximum atomic E-state index is 14.1. The molecule has 0 bridgehead atoms. The van der Waals surface area contributed by atoms with Crippen LogP contribution in [0.2, 0.25) is 0 Å². The van der Waals surface area contributed by atoms with Crippen LogP contribution in [0.1, 0.15) is 36.1 Å². The molecule has 0 aliphatic heterocycles. The second kappa shape index (κ2) is 6.53. The van der Waals surface area contributed by atoms with Crippen molar-refractivity contribution < 1.29 is 9.13 Å². The highest BCUT2D eigenvalue weighted by molar-refractivity contribution is 5.37. The molecule has 0 heterocycles. The lowest BCUT2D eigenvalue weighted by Gasteiger charge is -2.15. The average molecular weight is 273 g/mol. The van der Waals surface area contributed by atoms with E-state index in [1.54, 1.807) is 19.1 Å². The van der Waals surface area contributed by atoms with Crippen LogP contribution in [0.15, 0.2) is 42.5 Å². The van der Waals surface area contributed by atoms with E-state index in [1.165, 1.54) is 0 Å². The molecule has 0 saturated heterocycles. The number of halogens is 1. The van der Waals surface area contributed by atoms with Crippen LogP contribution in [0.3, 0.4) is 0 Å². The first kappa shape index (κ1) is 14.5. The zero-order valence-electron chi connectivity index (χ0n) is 11.9. The zero-order valence-corrected chi connectivity index (χ0v) is 11.9. The SMILES string of the molecule is CCCOc1ccc(C(N)c2cccc(C)c2F)cc1. The van der Waals surface area contributed by atoms with Gasteiger partial charge >= 0.3 is 0 Å². The van der Waals surface area contributed by atoms with E-state index >= 15 is 0 Å². The molecule has 0 aliphatic carbocycles. The number of hydrogen-bond donors (Lipinski definition) is 1. The fourth-order valence-electron chi connectivity index (χ4n) is 2.08. The Morgan fingerprint density at radius 2 is 1.85 bits per heavy atom. The first-order valence-electron chi connectivity index (χ1n) is 6.86. The summed E-state index contributed by atoms with van der Waals surface area (Å²) in [5.41, 5.74) is 8.16. The van der Waals surface area contributed by atoms with E-state index in [-0.39, 0.29) is 5.82 Å². The van der Waals surface area contributed by atoms with Crippen molar-refractivity contribution in [3.8, 4) is 5.75 Å². The van der Waals surface area contributed by atoms with Gasteiger partial charge in [0.05, 0.1) is 12.6 Å². The molecule has 2 rings (SSSR count). The molecule has 2 aromatic carbocycles. The van der Waals surface area contributed by atoms with Gasteiger partial charge in [-0.05, 0) is 36.6 Å². The van der Waals surface area contributed by atoms with Gasteiger partial charge in [-0.1, -0.05) is 37.3 Å². The number of ether oxygens (including phenoxy) is 1. The minimum absolute atomic E-state index is 0.230. The van der Waals surface area contributed by atoms with Crippen LogP contribution in [-0.4, -0.2) is 6.61 Å². The molecule has 0 aromatic heterocycles. The molecular weight excluding hydrogens is 253 g/mol. The van der Waals surface area contributed by atoms with Gasteiger partial charge < -0.3 is 10.5 Å². The molecule has 2 N–H and O–H groups in total. The van der Waals surface area contributed by atoms with E-state index in [4.69, 9.17) is 10.5 Å². The Morgan fingerprint density at radius 3 is 2.50 bits per heavy atom. The van der Waals surface area contributed by atoms with E-state index in [0.29, 0.717) is 17.7 Å². The van der Waals surface area contributed by atoms with Crippen molar-refractivity contribution in [1.82, 2.24) is 0 Å². The fraction of sp³-hybridized carbons (Fsp3) is 0.294. The largest absolute Gasteiger partial charge is 0.494 e. The Hall–Kier alpha value is -1.87. The van der Waals surface area contributed by atoms with Gasteiger partial charge in [0.1, 0.15) is 11.6 Å². The molecule has 0 spiro atoms. The molecule has 0 radical (unpaired) electrons. The van der Waals surface area contributed by atoms with Crippen LogP contribution >= 0.6 is 0 Å². The number of benzene rings is 2. The lowest BCUT2D eigenvalue weighted by atomic mass is 9.97. The molecular formula is C17H20FNO. The summed E-state index contributed by atoms with van der Waals surface area (Å²) in [6.45, 7) is 4.50. The first-order chi connectivity index (χ1) is 9.63. The van der Waals surface area contributed by atoms with E-state index in [1.807, 2.05) is 30.3 Å². The molecule has 0 aliphatic rings. The van der Waals surface area contributed by atoms with Gasteiger partial charge in [0, 0.05) is 5.56 Å². The van der Waals surface area contributed by atoms with Gasteiger partial charge in [-0.2, -0.15) is 0 Å². The van der Waals surface area contributed by atoms with E-state index in [9.17, 15) is 4.39 Å². The normalized spacial score (nSPS) is 12.2. The third-order valence-corrected chi connectivity index (χ3v) is 3.27. The average Bonchev–Trinajstić information content (AvgIpc) is 2.48. The Bertz CT molecular complexity index is 566. The molecule has 3 heteroatoms. The van der Waals surface area contributed by atoms with Crippen molar-refractivity contribution >= 4 is 0 Å². The summed E-state index contributed by atoms with van der Waals surface area (Å²) < 4.78 is 19.6. The van der Waals surface area contributed by atoms with Crippen LogP contribution in [0.5, 0.6) is 5.75 Å². The second-order valence-corrected chi connectivity index (χ2v) is 4.87. The summed E-state index contributed by atoms with van der Waals surface area (Å²) >= 11 is 0. The standard InChI is InChI=1S/C17H20FNO/c1-3-11-20-14-9-7-13(8-10-14)17(19)15-6-4-5-12(2)16(15)18/h4-10,17H,3,11,19H2,1-2H3. The van der Waals surface area contributed by atoms with Crippen LogP contribution in [0.4, 0.5) is 4.39 Å². The fourth-order valence-corrected chi connectivity index (χ4v) is 2.08. The Balaban J connectivity index is 2.20. The third kappa shape index (κ3) is 3.17. The first-order valence-corrected chi connectivity index (χ1v) is 6.86. The van der Waals surface area contributed by atoms with E-state index in [0.717, 1.165) is 17.7 Å². The maximum Gasteiger partial charge on any atom is 0.131 e. The molecule has 0 saturated carbocycles. The van der Waals surface area contributed by atoms with Gasteiger partial charge in [-0.25, -0.2) is 4.39 Å². The second-order valence-electron chi connectivity index (χ2n) is 4.87. The summed E-state index contributed by atoms with van der Waals surface area (Å²) in [6, 6.07) is 12.4. The van der Waals surface area contributed by atoms with Gasteiger partial charge in [-0.3, -0.25) is 0 Å². The molecule has 2 aromatic rings. The summed E-state index contributed by atoms with van der Waals surface area (Å²) in [6.07, 6.45) is 0.968. The molecule has 20 heavy (non-hydrogen) atoms. The molecule has 0 amide bonds. The van der Waals surface area contributed by atoms with Crippen LogP contribution in [0, 0.1) is 12.7 Å². The number of aryl methyl sites for hydroxylation is 1. The molecule has 106 valence electrons.